The number of nitrogens with one attached hydrogen (secondary N) is 1. The number of likely N-dealkylation sites (tertiary alicyclic amines) is 1. The zero-order valence-electron chi connectivity index (χ0n) is 12.2. The Hall–Kier alpha value is -1.63. The third-order valence-electron chi connectivity index (χ3n) is 3.93. The van der Waals surface area contributed by atoms with Gasteiger partial charge in [-0.25, -0.2) is 4.39 Å². The van der Waals surface area contributed by atoms with Crippen LogP contribution >= 0.6 is 0 Å². The second-order valence-electron chi connectivity index (χ2n) is 5.46. The summed E-state index contributed by atoms with van der Waals surface area (Å²) in [5.74, 6) is -1.73. The molecule has 0 atom stereocenters. The summed E-state index contributed by atoms with van der Waals surface area (Å²) in [6.45, 7) is 1.70. The van der Waals surface area contributed by atoms with Crippen LogP contribution in [0.15, 0.2) is 18.2 Å². The number of carbonyl (C=O) groups excluding carboxylic acids is 1. The SMILES string of the molecule is CNCC1CCN(C(=O)c2cccc(C(F)(F)F)c2F)CC1. The van der Waals surface area contributed by atoms with Gasteiger partial charge in [-0.2, -0.15) is 13.2 Å². The van der Waals surface area contributed by atoms with Crippen LogP contribution in [0.1, 0.15) is 28.8 Å². The van der Waals surface area contributed by atoms with Gasteiger partial charge in [0, 0.05) is 13.1 Å². The molecule has 0 aromatic heterocycles. The summed E-state index contributed by atoms with van der Waals surface area (Å²) >= 11 is 0. The number of amides is 1. The van der Waals surface area contributed by atoms with E-state index in [9.17, 15) is 22.4 Å². The van der Waals surface area contributed by atoms with Crippen molar-refractivity contribution < 1.29 is 22.4 Å². The topological polar surface area (TPSA) is 32.3 Å². The third kappa shape index (κ3) is 3.58. The first-order valence-corrected chi connectivity index (χ1v) is 7.14. The molecule has 7 heteroatoms. The molecule has 0 radical (unpaired) electrons. The summed E-state index contributed by atoms with van der Waals surface area (Å²) in [5, 5.41) is 3.06. The maximum Gasteiger partial charge on any atom is 0.419 e. The van der Waals surface area contributed by atoms with Crippen LogP contribution in [0.5, 0.6) is 0 Å². The van der Waals surface area contributed by atoms with Crippen LogP contribution in [-0.2, 0) is 6.18 Å². The standard InChI is InChI=1S/C15H18F4N2O/c1-20-9-10-5-7-21(8-6-10)14(22)11-3-2-4-12(13(11)16)15(17,18)19/h2-4,10,20H,5-9H2,1H3. The van der Waals surface area contributed by atoms with Gasteiger partial charge in [-0.1, -0.05) is 6.07 Å². The minimum Gasteiger partial charge on any atom is -0.339 e. The first-order chi connectivity index (χ1) is 10.3. The van der Waals surface area contributed by atoms with Gasteiger partial charge in [-0.15, -0.1) is 0 Å². The van der Waals surface area contributed by atoms with E-state index < -0.39 is 29.0 Å². The average Bonchev–Trinajstić information content (AvgIpc) is 2.47. The van der Waals surface area contributed by atoms with E-state index in [1.54, 1.807) is 0 Å². The quantitative estimate of drug-likeness (QED) is 0.869. The number of hydrogen-bond donors (Lipinski definition) is 1. The molecule has 1 saturated heterocycles. The maximum absolute atomic E-state index is 14.0. The molecule has 0 bridgehead atoms. The van der Waals surface area contributed by atoms with Crippen molar-refractivity contribution in [3.05, 3.63) is 35.1 Å². The molecule has 1 N–H and O–H groups in total. The summed E-state index contributed by atoms with van der Waals surface area (Å²) in [6, 6.07) is 2.81. The number of nitrogens with zero attached hydrogens (tertiary/aromatic N) is 1. The highest BCUT2D eigenvalue weighted by Gasteiger charge is 2.36. The van der Waals surface area contributed by atoms with E-state index in [1.807, 2.05) is 7.05 Å². The Labute approximate surface area is 126 Å². The molecule has 0 saturated carbocycles. The molecule has 22 heavy (non-hydrogen) atoms. The average molecular weight is 318 g/mol. The molecule has 0 unspecified atom stereocenters. The monoisotopic (exact) mass is 318 g/mol. The number of halogens is 4. The van der Waals surface area contributed by atoms with Gasteiger partial charge in [0.15, 0.2) is 0 Å². The van der Waals surface area contributed by atoms with Crippen LogP contribution in [0.4, 0.5) is 17.6 Å². The second kappa shape index (κ2) is 6.64. The molecule has 2 rings (SSSR count). The Kier molecular flexibility index (Phi) is 5.05. The van der Waals surface area contributed by atoms with Crippen molar-refractivity contribution >= 4 is 5.91 Å². The van der Waals surface area contributed by atoms with Crippen LogP contribution in [0.2, 0.25) is 0 Å². The lowest BCUT2D eigenvalue weighted by Crippen LogP contribution is -2.40. The zero-order valence-corrected chi connectivity index (χ0v) is 12.2. The van der Waals surface area contributed by atoms with Gasteiger partial charge in [-0.3, -0.25) is 4.79 Å². The van der Waals surface area contributed by atoms with Crippen LogP contribution in [0.25, 0.3) is 0 Å². The molecular formula is C15H18F4N2O. The fourth-order valence-electron chi connectivity index (χ4n) is 2.72. The van der Waals surface area contributed by atoms with Gasteiger partial charge in [0.1, 0.15) is 5.82 Å². The Morgan fingerprint density at radius 3 is 2.50 bits per heavy atom. The molecule has 0 aliphatic carbocycles. The summed E-state index contributed by atoms with van der Waals surface area (Å²) in [4.78, 5) is 13.7. The number of rotatable bonds is 3. The predicted octanol–water partition coefficient (Wildman–Crippen LogP) is 2.92. The molecule has 3 nitrogen and oxygen atoms in total. The van der Waals surface area contributed by atoms with Crippen LogP contribution in [0, 0.1) is 11.7 Å². The highest BCUT2D eigenvalue weighted by molar-refractivity contribution is 5.94. The molecule has 1 aromatic rings. The molecule has 1 aromatic carbocycles. The lowest BCUT2D eigenvalue weighted by Gasteiger charge is -2.32. The van der Waals surface area contributed by atoms with Gasteiger partial charge in [-0.05, 0) is 44.5 Å². The van der Waals surface area contributed by atoms with Crippen molar-refractivity contribution in [1.82, 2.24) is 10.2 Å². The van der Waals surface area contributed by atoms with E-state index in [4.69, 9.17) is 0 Å². The van der Waals surface area contributed by atoms with Crippen molar-refractivity contribution in [3.63, 3.8) is 0 Å². The summed E-state index contributed by atoms with van der Waals surface area (Å²) < 4.78 is 52.1. The number of carbonyl (C=O) groups is 1. The smallest absolute Gasteiger partial charge is 0.339 e. The largest absolute Gasteiger partial charge is 0.419 e. The molecular weight excluding hydrogens is 300 g/mol. The Morgan fingerprint density at radius 2 is 1.95 bits per heavy atom. The lowest BCUT2D eigenvalue weighted by molar-refractivity contribution is -0.140. The van der Waals surface area contributed by atoms with Gasteiger partial charge in [0.05, 0.1) is 11.1 Å². The fraction of sp³-hybridized carbons (Fsp3) is 0.533. The normalized spacial score (nSPS) is 16.9. The van der Waals surface area contributed by atoms with Gasteiger partial charge < -0.3 is 10.2 Å². The second-order valence-corrected chi connectivity index (χ2v) is 5.46. The minimum atomic E-state index is -4.81. The molecule has 1 heterocycles. The zero-order chi connectivity index (χ0) is 16.3. The fourth-order valence-corrected chi connectivity index (χ4v) is 2.72. The molecule has 1 aliphatic rings. The molecule has 122 valence electrons. The Bertz CT molecular complexity index is 537. The number of benzene rings is 1. The van der Waals surface area contributed by atoms with Crippen molar-refractivity contribution in [2.75, 3.05) is 26.7 Å². The molecule has 0 spiro atoms. The number of piperidine rings is 1. The van der Waals surface area contributed by atoms with Crippen LogP contribution in [-0.4, -0.2) is 37.5 Å². The molecule has 1 fully saturated rings. The minimum absolute atomic E-state index is 0.431. The maximum atomic E-state index is 14.0. The van der Waals surface area contributed by atoms with Crippen molar-refractivity contribution in [2.45, 2.75) is 19.0 Å². The van der Waals surface area contributed by atoms with E-state index in [2.05, 4.69) is 5.32 Å². The summed E-state index contributed by atoms with van der Waals surface area (Å²) in [7, 11) is 1.84. The van der Waals surface area contributed by atoms with E-state index in [-0.39, 0.29) is 0 Å². The summed E-state index contributed by atoms with van der Waals surface area (Å²) in [6.07, 6.45) is -3.29. The first-order valence-electron chi connectivity index (χ1n) is 7.14. The van der Waals surface area contributed by atoms with Crippen molar-refractivity contribution in [2.24, 2.45) is 5.92 Å². The number of alkyl halides is 3. The highest BCUT2D eigenvalue weighted by atomic mass is 19.4. The van der Waals surface area contributed by atoms with Gasteiger partial charge in [0.2, 0.25) is 0 Å². The van der Waals surface area contributed by atoms with E-state index in [0.717, 1.165) is 31.5 Å². The van der Waals surface area contributed by atoms with E-state index >= 15 is 0 Å². The Morgan fingerprint density at radius 1 is 1.32 bits per heavy atom. The predicted molar refractivity (Wildman–Crippen MR) is 74.0 cm³/mol. The molecule has 1 amide bonds. The summed E-state index contributed by atoms with van der Waals surface area (Å²) in [5.41, 5.74) is -1.91. The number of hydrogen-bond acceptors (Lipinski definition) is 2. The third-order valence-corrected chi connectivity index (χ3v) is 3.93. The van der Waals surface area contributed by atoms with Crippen LogP contribution < -0.4 is 5.32 Å². The lowest BCUT2D eigenvalue weighted by atomic mass is 9.96. The van der Waals surface area contributed by atoms with Crippen LogP contribution in [0.3, 0.4) is 0 Å². The van der Waals surface area contributed by atoms with E-state index in [1.165, 1.54) is 4.90 Å². The van der Waals surface area contributed by atoms with Gasteiger partial charge >= 0.3 is 6.18 Å². The van der Waals surface area contributed by atoms with Gasteiger partial charge in [0.25, 0.3) is 5.91 Å². The van der Waals surface area contributed by atoms with Crippen molar-refractivity contribution in [1.29, 1.82) is 0 Å². The van der Waals surface area contributed by atoms with E-state index in [0.29, 0.717) is 25.1 Å². The highest BCUT2D eigenvalue weighted by Crippen LogP contribution is 2.33. The Balaban J connectivity index is 2.14. The first kappa shape index (κ1) is 16.7. The van der Waals surface area contributed by atoms with Crippen molar-refractivity contribution in [3.8, 4) is 0 Å². The molecule has 1 aliphatic heterocycles.